The summed E-state index contributed by atoms with van der Waals surface area (Å²) in [5.74, 6) is 0. The molecule has 0 saturated heterocycles. The summed E-state index contributed by atoms with van der Waals surface area (Å²) in [6.07, 6.45) is 4.17. The lowest BCUT2D eigenvalue weighted by molar-refractivity contribution is 0.753. The normalized spacial score (nSPS) is 13.3. The van der Waals surface area contributed by atoms with E-state index in [1.165, 1.54) is 166 Å². The van der Waals surface area contributed by atoms with Gasteiger partial charge in [0.2, 0.25) is 0 Å². The second kappa shape index (κ2) is 26.8. The molecule has 116 heavy (non-hydrogen) atoms. The van der Waals surface area contributed by atoms with Gasteiger partial charge in [0, 0.05) is 46.0 Å². The second-order valence-corrected chi connectivity index (χ2v) is 30.8. The number of benzene rings is 18. The maximum absolute atomic E-state index is 5.37. The fourth-order valence-electron chi connectivity index (χ4n) is 20.5. The van der Waals surface area contributed by atoms with E-state index in [9.17, 15) is 0 Å². The molecule has 0 saturated carbocycles. The molecular weight excluding hydrogens is 1400 g/mol. The Morgan fingerprint density at radius 3 is 0.897 bits per heavy atom. The van der Waals surface area contributed by atoms with Gasteiger partial charge >= 0.3 is 0 Å². The molecule has 2 aromatic heterocycles. The molecule has 24 rings (SSSR count). The first kappa shape index (κ1) is 66.7. The molecule has 18 aromatic carbocycles. The highest BCUT2D eigenvalue weighted by molar-refractivity contribution is 6.23. The number of pyridine rings is 2. The lowest BCUT2D eigenvalue weighted by atomic mass is 9.63. The van der Waals surface area contributed by atoms with Gasteiger partial charge in [0.15, 0.2) is 0 Å². The van der Waals surface area contributed by atoms with E-state index < -0.39 is 10.8 Å². The number of fused-ring (bicyclic) bond motifs is 22. The Bertz CT molecular complexity index is 7110. The summed E-state index contributed by atoms with van der Waals surface area (Å²) >= 11 is 0. The second-order valence-electron chi connectivity index (χ2n) is 30.8. The summed E-state index contributed by atoms with van der Waals surface area (Å²) in [5.41, 5.74) is 35.2. The van der Waals surface area contributed by atoms with Crippen molar-refractivity contribution in [1.29, 1.82) is 0 Å². The Morgan fingerprint density at radius 1 is 0.181 bits per heavy atom. The number of hydrogen-bond acceptors (Lipinski definition) is 4. The highest BCUT2D eigenvalue weighted by Crippen LogP contribution is 2.67. The highest BCUT2D eigenvalue weighted by atomic mass is 15.2. The minimum absolute atomic E-state index is 0.508. The Labute approximate surface area is 674 Å². The molecule has 2 spiro atoms. The lowest BCUT2D eigenvalue weighted by Gasteiger charge is -2.45. The van der Waals surface area contributed by atoms with E-state index in [4.69, 9.17) is 9.97 Å². The van der Waals surface area contributed by atoms with Crippen molar-refractivity contribution in [3.8, 4) is 89.3 Å². The molecule has 4 heteroatoms. The van der Waals surface area contributed by atoms with Gasteiger partial charge < -0.3 is 9.80 Å². The Kier molecular flexibility index (Phi) is 15.4. The van der Waals surface area contributed by atoms with Crippen LogP contribution in [0.15, 0.2) is 437 Å². The van der Waals surface area contributed by atoms with Crippen molar-refractivity contribution in [2.45, 2.75) is 10.8 Å². The van der Waals surface area contributed by atoms with Crippen molar-refractivity contribution in [1.82, 2.24) is 9.97 Å². The molecule has 540 valence electrons. The topological polar surface area (TPSA) is 32.3 Å². The van der Waals surface area contributed by atoms with Gasteiger partial charge in [-0.25, -0.2) is 0 Å². The molecule has 0 unspecified atom stereocenters. The van der Waals surface area contributed by atoms with Crippen LogP contribution in [0.4, 0.5) is 34.1 Å². The van der Waals surface area contributed by atoms with Crippen LogP contribution >= 0.6 is 0 Å². The van der Waals surface area contributed by atoms with E-state index in [0.717, 1.165) is 45.0 Å². The number of rotatable bonds is 8. The van der Waals surface area contributed by atoms with Crippen molar-refractivity contribution in [3.05, 3.63) is 482 Å². The molecule has 4 heterocycles. The fourth-order valence-corrected chi connectivity index (χ4v) is 20.5. The van der Waals surface area contributed by atoms with Crippen LogP contribution in [0.3, 0.4) is 0 Å². The summed E-state index contributed by atoms with van der Waals surface area (Å²) in [4.78, 5) is 15.5. The van der Waals surface area contributed by atoms with Crippen LogP contribution < -0.4 is 9.80 Å². The van der Waals surface area contributed by atoms with E-state index in [-0.39, 0.29) is 0 Å². The minimum atomic E-state index is -0.556. The molecule has 0 amide bonds. The zero-order valence-corrected chi connectivity index (χ0v) is 63.4. The van der Waals surface area contributed by atoms with Gasteiger partial charge in [0.1, 0.15) is 0 Å². The summed E-state index contributed by atoms with van der Waals surface area (Å²) in [7, 11) is 0. The zero-order valence-electron chi connectivity index (χ0n) is 63.4. The number of nitrogens with zero attached hydrogens (tertiary/aromatic N) is 4. The Hall–Kier alpha value is -15.1. The number of anilines is 6. The number of hydrogen-bond donors (Lipinski definition) is 0. The monoisotopic (exact) mass is 1470 g/mol. The molecule has 2 aliphatic carbocycles. The van der Waals surface area contributed by atoms with Gasteiger partial charge in [-0.1, -0.05) is 358 Å². The average molecular weight is 1470 g/mol. The summed E-state index contributed by atoms with van der Waals surface area (Å²) < 4.78 is 0. The Morgan fingerprint density at radius 2 is 0.483 bits per heavy atom. The smallest absolute Gasteiger partial charge is 0.0760 e. The third kappa shape index (κ3) is 9.87. The van der Waals surface area contributed by atoms with E-state index in [0.29, 0.717) is 0 Å². The van der Waals surface area contributed by atoms with Gasteiger partial charge in [0.25, 0.3) is 0 Å². The van der Waals surface area contributed by atoms with E-state index in [1.54, 1.807) is 0 Å². The van der Waals surface area contributed by atoms with Gasteiger partial charge in [-0.3, -0.25) is 9.97 Å². The van der Waals surface area contributed by atoms with Crippen LogP contribution in [-0.4, -0.2) is 9.97 Å². The molecule has 2 aliphatic heterocycles. The molecule has 20 aromatic rings. The minimum Gasteiger partial charge on any atom is -0.310 e. The van der Waals surface area contributed by atoms with E-state index >= 15 is 0 Å². The lowest BCUT2D eigenvalue weighted by Crippen LogP contribution is -2.36. The summed E-state index contributed by atoms with van der Waals surface area (Å²) in [6, 6.07) is 155. The van der Waals surface area contributed by atoms with Crippen molar-refractivity contribution >= 4 is 77.2 Å². The first-order valence-electron chi connectivity index (χ1n) is 40.1. The van der Waals surface area contributed by atoms with Crippen molar-refractivity contribution in [2.75, 3.05) is 9.80 Å². The molecule has 0 radical (unpaired) electrons. The van der Waals surface area contributed by atoms with E-state index in [1.807, 2.05) is 0 Å². The third-order valence-corrected chi connectivity index (χ3v) is 25.0. The third-order valence-electron chi connectivity index (χ3n) is 25.0. The fraction of sp³-hybridized carbons (Fsp3) is 0.0179. The molecule has 4 nitrogen and oxygen atoms in total. The molecule has 0 bridgehead atoms. The van der Waals surface area contributed by atoms with Crippen LogP contribution in [0.5, 0.6) is 0 Å². The molecule has 0 fully saturated rings. The maximum Gasteiger partial charge on any atom is 0.0760 e. The Balaban J connectivity index is 0.000000137. The van der Waals surface area contributed by atoms with Gasteiger partial charge in [0.05, 0.1) is 45.0 Å². The van der Waals surface area contributed by atoms with Crippen LogP contribution in [0.1, 0.15) is 44.5 Å². The van der Waals surface area contributed by atoms with Crippen LogP contribution in [0.2, 0.25) is 0 Å². The van der Waals surface area contributed by atoms with Crippen molar-refractivity contribution in [3.63, 3.8) is 0 Å². The maximum atomic E-state index is 5.37. The van der Waals surface area contributed by atoms with Crippen LogP contribution in [0.25, 0.3) is 132 Å². The first-order valence-corrected chi connectivity index (χ1v) is 40.1. The van der Waals surface area contributed by atoms with Crippen LogP contribution in [0, 0.1) is 0 Å². The summed E-state index contributed by atoms with van der Waals surface area (Å²) in [6.45, 7) is 0. The van der Waals surface area contributed by atoms with Crippen LogP contribution in [-0.2, 0) is 10.8 Å². The largest absolute Gasteiger partial charge is 0.310 e. The highest BCUT2D eigenvalue weighted by Gasteiger charge is 2.54. The molecule has 0 N–H and O–H groups in total. The molecule has 0 atom stereocenters. The zero-order chi connectivity index (χ0) is 76.4. The standard InChI is InChI=1S/2C56H36N2/c1-3-18-37(19-4-1)53-42-23-7-9-25-44(42)54(45-26-10-8-24-43(45)53)50-35-34-38(36-57-50)40-27-17-28-46-41-22-11-12-29-47(41)56(55(40)46)48-30-13-15-32-51(48)58(39-20-5-2-6-21-39)52-33-16-14-31-49(52)56;1-3-17-37(18-4-1)54-43-22-7-9-24-45(43)55(46-25-10-8-23-44(46)54)51-34-32-39(36-57-51)38-31-33-42-41-21-11-12-26-47(41)56(50(42)35-38)48-27-13-15-29-52(48)58(40-19-5-2-6-20-40)53-30-16-14-28-49(53)56/h2*1-36H. The summed E-state index contributed by atoms with van der Waals surface area (Å²) in [5, 5.41) is 9.74. The van der Waals surface area contributed by atoms with E-state index in [2.05, 4.69) is 447 Å². The van der Waals surface area contributed by atoms with Gasteiger partial charge in [-0.15, -0.1) is 0 Å². The van der Waals surface area contributed by atoms with Gasteiger partial charge in [-0.2, -0.15) is 0 Å². The molecule has 4 aliphatic rings. The molecular formula is C112H72N4. The first-order chi connectivity index (χ1) is 57.6. The predicted octanol–water partition coefficient (Wildman–Crippen LogP) is 29.1. The quantitative estimate of drug-likeness (QED) is 0.142. The van der Waals surface area contributed by atoms with Crippen molar-refractivity contribution in [2.24, 2.45) is 0 Å². The average Bonchev–Trinajstić information content (AvgIpc) is 1.48. The number of para-hydroxylation sites is 6. The predicted molar refractivity (Wildman–Crippen MR) is 482 cm³/mol. The van der Waals surface area contributed by atoms with Crippen molar-refractivity contribution < 1.29 is 0 Å². The number of aromatic nitrogens is 2. The SMILES string of the molecule is c1ccc(-c2c3ccccc3c(-c3ccc(-c4ccc5c(c4)C4(c6ccccc6-5)c5ccccc5N(c5ccccc5)c5ccccc54)cn3)c3ccccc23)cc1.c1ccc(-c2c3ccccc3c(-c3ccc(-c4cccc5c4C4(c6ccccc6-5)c5ccccc5N(c5ccccc5)c5ccccc54)cn3)c3ccccc23)cc1. The van der Waals surface area contributed by atoms with Gasteiger partial charge in [-0.05, 0) is 210 Å².